The third-order valence-corrected chi connectivity index (χ3v) is 6.48. The van der Waals surface area contributed by atoms with E-state index in [4.69, 9.17) is 14.2 Å². The summed E-state index contributed by atoms with van der Waals surface area (Å²) in [6.07, 6.45) is 3.46. The lowest BCUT2D eigenvalue weighted by Crippen LogP contribution is -2.31. The fourth-order valence-corrected chi connectivity index (χ4v) is 4.63. The third kappa shape index (κ3) is 5.39. The molecule has 1 amide bonds. The number of thioether (sulfide) groups is 1. The molecule has 0 bridgehead atoms. The van der Waals surface area contributed by atoms with E-state index in [1.807, 2.05) is 28.8 Å². The van der Waals surface area contributed by atoms with Gasteiger partial charge in [-0.15, -0.1) is 10.2 Å². The van der Waals surface area contributed by atoms with Crippen LogP contribution in [0.25, 0.3) is 5.69 Å². The second-order valence-electron chi connectivity index (χ2n) is 7.78. The summed E-state index contributed by atoms with van der Waals surface area (Å²) >= 11 is 1.33. The molecule has 1 fully saturated rings. The molecule has 180 valence electrons. The van der Waals surface area contributed by atoms with Gasteiger partial charge in [-0.3, -0.25) is 9.36 Å². The Bertz CT molecular complexity index is 1110. The predicted octanol–water partition coefficient (Wildman–Crippen LogP) is 4.01. The lowest BCUT2D eigenvalue weighted by Gasteiger charge is -2.28. The molecule has 1 saturated heterocycles. The number of carbonyl (C=O) groups is 1. The van der Waals surface area contributed by atoms with Gasteiger partial charge in [-0.1, -0.05) is 23.9 Å². The minimum atomic E-state index is -0.172. The number of nitrogens with zero attached hydrogens (tertiary/aromatic N) is 4. The molecule has 0 spiro atoms. The number of methoxy groups -OCH3 is 3. The second kappa shape index (κ2) is 11.1. The highest BCUT2D eigenvalue weighted by Crippen LogP contribution is 2.33. The van der Waals surface area contributed by atoms with Gasteiger partial charge in [0.15, 0.2) is 5.16 Å². The van der Waals surface area contributed by atoms with Gasteiger partial charge in [0, 0.05) is 37.0 Å². The van der Waals surface area contributed by atoms with Gasteiger partial charge >= 0.3 is 0 Å². The summed E-state index contributed by atoms with van der Waals surface area (Å²) in [6.45, 7) is 1.85. The van der Waals surface area contributed by atoms with Gasteiger partial charge < -0.3 is 24.4 Å². The number of benzene rings is 2. The number of para-hydroxylation sites is 2. The van der Waals surface area contributed by atoms with Crippen molar-refractivity contribution in [2.75, 3.05) is 50.4 Å². The van der Waals surface area contributed by atoms with Crippen LogP contribution in [0.15, 0.2) is 47.6 Å². The zero-order valence-corrected chi connectivity index (χ0v) is 20.4. The Kier molecular flexibility index (Phi) is 7.79. The zero-order valence-electron chi connectivity index (χ0n) is 19.6. The minimum Gasteiger partial charge on any atom is -0.497 e. The average molecular weight is 484 g/mol. The van der Waals surface area contributed by atoms with Crippen molar-refractivity contribution in [1.82, 2.24) is 14.8 Å². The van der Waals surface area contributed by atoms with Crippen LogP contribution in [0.2, 0.25) is 0 Å². The topological polar surface area (TPSA) is 90.7 Å². The van der Waals surface area contributed by atoms with Crippen molar-refractivity contribution in [2.45, 2.75) is 24.4 Å². The van der Waals surface area contributed by atoms with E-state index in [0.717, 1.165) is 43.3 Å². The number of nitrogens with one attached hydrogen (secondary N) is 1. The predicted molar refractivity (Wildman–Crippen MR) is 133 cm³/mol. The first-order valence-corrected chi connectivity index (χ1v) is 12.1. The number of hydrogen-bond acceptors (Lipinski definition) is 8. The number of anilines is 2. The Hall–Kier alpha value is -3.40. The van der Waals surface area contributed by atoms with Crippen molar-refractivity contribution < 1.29 is 19.0 Å². The molecule has 0 radical (unpaired) electrons. The Morgan fingerprint density at radius 2 is 1.68 bits per heavy atom. The summed E-state index contributed by atoms with van der Waals surface area (Å²) in [4.78, 5) is 15.0. The lowest BCUT2D eigenvalue weighted by atomic mass is 10.1. The molecular formula is C24H29N5O4S. The van der Waals surface area contributed by atoms with Gasteiger partial charge in [-0.25, -0.2) is 0 Å². The molecule has 4 rings (SSSR count). The van der Waals surface area contributed by atoms with Crippen LogP contribution in [0.4, 0.5) is 11.6 Å². The van der Waals surface area contributed by atoms with E-state index in [-0.39, 0.29) is 11.7 Å². The van der Waals surface area contributed by atoms with Crippen LogP contribution in [-0.4, -0.2) is 60.8 Å². The summed E-state index contributed by atoms with van der Waals surface area (Å²) < 4.78 is 18.2. The molecule has 0 atom stereocenters. The van der Waals surface area contributed by atoms with Crippen LogP contribution < -0.4 is 24.4 Å². The Morgan fingerprint density at radius 3 is 2.35 bits per heavy atom. The number of amides is 1. The molecule has 2 aromatic carbocycles. The van der Waals surface area contributed by atoms with Crippen molar-refractivity contribution in [3.63, 3.8) is 0 Å². The van der Waals surface area contributed by atoms with E-state index in [9.17, 15) is 4.79 Å². The molecule has 9 nitrogen and oxygen atoms in total. The second-order valence-corrected chi connectivity index (χ2v) is 8.72. The fourth-order valence-electron chi connectivity index (χ4n) is 3.89. The summed E-state index contributed by atoms with van der Waals surface area (Å²) in [5, 5.41) is 12.5. The molecule has 0 unspecified atom stereocenters. The molecular weight excluding hydrogens is 454 g/mol. The van der Waals surface area contributed by atoms with E-state index >= 15 is 0 Å². The number of rotatable bonds is 9. The maximum atomic E-state index is 12.8. The monoisotopic (exact) mass is 483 g/mol. The van der Waals surface area contributed by atoms with Gasteiger partial charge in [-0.2, -0.15) is 0 Å². The number of carbonyl (C=O) groups excluding carboxylic acids is 1. The van der Waals surface area contributed by atoms with E-state index in [1.165, 1.54) is 18.2 Å². The van der Waals surface area contributed by atoms with E-state index < -0.39 is 0 Å². The number of aromatic nitrogens is 3. The van der Waals surface area contributed by atoms with Crippen molar-refractivity contribution in [2.24, 2.45) is 0 Å². The first-order valence-electron chi connectivity index (χ1n) is 11.1. The van der Waals surface area contributed by atoms with Crippen molar-refractivity contribution in [3.8, 4) is 22.9 Å². The zero-order chi connectivity index (χ0) is 23.9. The lowest BCUT2D eigenvalue weighted by molar-refractivity contribution is -0.113. The fraction of sp³-hybridized carbons (Fsp3) is 0.375. The van der Waals surface area contributed by atoms with Crippen LogP contribution in [-0.2, 0) is 4.79 Å². The normalized spacial score (nSPS) is 13.4. The Morgan fingerprint density at radius 1 is 0.971 bits per heavy atom. The van der Waals surface area contributed by atoms with Crippen LogP contribution in [0.3, 0.4) is 0 Å². The number of hydrogen-bond donors (Lipinski definition) is 1. The SMILES string of the molecule is COc1cc(NC(=O)CSc2nnc(N3CCCCC3)n2-c2ccccc2OC)cc(OC)c1. The number of ether oxygens (including phenoxy) is 3. The summed E-state index contributed by atoms with van der Waals surface area (Å²) in [5.74, 6) is 2.68. The molecule has 1 aliphatic heterocycles. The van der Waals surface area contributed by atoms with Gasteiger partial charge in [0.1, 0.15) is 17.2 Å². The van der Waals surface area contributed by atoms with Crippen molar-refractivity contribution in [1.29, 1.82) is 0 Å². The highest BCUT2D eigenvalue weighted by molar-refractivity contribution is 7.99. The average Bonchev–Trinajstić information content (AvgIpc) is 3.31. The van der Waals surface area contributed by atoms with Gasteiger partial charge in [-0.05, 0) is 31.4 Å². The minimum absolute atomic E-state index is 0.160. The summed E-state index contributed by atoms with van der Waals surface area (Å²) in [5.41, 5.74) is 1.44. The maximum absolute atomic E-state index is 12.8. The first kappa shape index (κ1) is 23.7. The Labute approximate surface area is 203 Å². The largest absolute Gasteiger partial charge is 0.497 e. The van der Waals surface area contributed by atoms with Crippen LogP contribution >= 0.6 is 11.8 Å². The standard InChI is InChI=1S/C24H29N5O4S/c1-31-18-13-17(14-19(15-18)32-2)25-22(30)16-34-24-27-26-23(28-11-7-4-8-12-28)29(24)20-9-5-6-10-21(20)33-3/h5-6,9-10,13-15H,4,7-8,11-12,16H2,1-3H3,(H,25,30). The van der Waals surface area contributed by atoms with Crippen LogP contribution in [0.5, 0.6) is 17.2 Å². The first-order chi connectivity index (χ1) is 16.6. The molecule has 34 heavy (non-hydrogen) atoms. The molecule has 0 aliphatic carbocycles. The van der Waals surface area contributed by atoms with E-state index in [2.05, 4.69) is 20.4 Å². The van der Waals surface area contributed by atoms with Crippen molar-refractivity contribution >= 4 is 29.3 Å². The number of piperidine rings is 1. The van der Waals surface area contributed by atoms with Gasteiger partial charge in [0.05, 0.1) is 32.8 Å². The molecule has 3 aromatic rings. The van der Waals surface area contributed by atoms with Crippen LogP contribution in [0.1, 0.15) is 19.3 Å². The van der Waals surface area contributed by atoms with E-state index in [1.54, 1.807) is 39.5 Å². The molecule has 10 heteroatoms. The maximum Gasteiger partial charge on any atom is 0.234 e. The smallest absolute Gasteiger partial charge is 0.234 e. The van der Waals surface area contributed by atoms with Crippen LogP contribution in [0, 0.1) is 0 Å². The van der Waals surface area contributed by atoms with Gasteiger partial charge in [0.2, 0.25) is 11.9 Å². The summed E-state index contributed by atoms with van der Waals surface area (Å²) in [6, 6.07) is 13.0. The summed E-state index contributed by atoms with van der Waals surface area (Å²) in [7, 11) is 4.79. The highest BCUT2D eigenvalue weighted by atomic mass is 32.2. The third-order valence-electron chi connectivity index (χ3n) is 5.55. The molecule has 1 aromatic heterocycles. The molecule has 1 aliphatic rings. The van der Waals surface area contributed by atoms with Gasteiger partial charge in [0.25, 0.3) is 0 Å². The molecule has 0 saturated carbocycles. The Balaban J connectivity index is 1.56. The highest BCUT2D eigenvalue weighted by Gasteiger charge is 2.23. The van der Waals surface area contributed by atoms with Crippen molar-refractivity contribution in [3.05, 3.63) is 42.5 Å². The molecule has 1 N–H and O–H groups in total. The quantitative estimate of drug-likeness (QED) is 0.457. The van der Waals surface area contributed by atoms with E-state index in [0.29, 0.717) is 22.3 Å². The molecule has 2 heterocycles.